The standard InChI is InChI=1S/C12H17ClN2O2/c1-7(5-8(2)16)15-12(17)9-3-4-11(14)10(13)6-9/h3-4,6-8,16H,5,14H2,1-2H3,(H,15,17). The first-order valence-electron chi connectivity index (χ1n) is 5.44. The van der Waals surface area contributed by atoms with Gasteiger partial charge in [-0.3, -0.25) is 4.79 Å². The van der Waals surface area contributed by atoms with Gasteiger partial charge in [-0.2, -0.15) is 0 Å². The fraction of sp³-hybridized carbons (Fsp3) is 0.417. The molecule has 5 heteroatoms. The van der Waals surface area contributed by atoms with Crippen molar-refractivity contribution in [1.29, 1.82) is 0 Å². The summed E-state index contributed by atoms with van der Waals surface area (Å²) in [5.41, 5.74) is 6.46. The molecule has 0 saturated heterocycles. The smallest absolute Gasteiger partial charge is 0.251 e. The lowest BCUT2D eigenvalue weighted by Crippen LogP contribution is -2.34. The summed E-state index contributed by atoms with van der Waals surface area (Å²) in [5, 5.41) is 12.3. The molecule has 0 bridgehead atoms. The number of anilines is 1. The Hall–Kier alpha value is -1.26. The molecule has 1 aromatic rings. The van der Waals surface area contributed by atoms with Gasteiger partial charge in [0.05, 0.1) is 16.8 Å². The molecule has 0 radical (unpaired) electrons. The van der Waals surface area contributed by atoms with Crippen LogP contribution in [0.3, 0.4) is 0 Å². The van der Waals surface area contributed by atoms with Crippen molar-refractivity contribution in [1.82, 2.24) is 5.32 Å². The number of benzene rings is 1. The minimum atomic E-state index is -0.444. The maximum Gasteiger partial charge on any atom is 0.251 e. The van der Waals surface area contributed by atoms with Crippen LogP contribution in [0.2, 0.25) is 5.02 Å². The van der Waals surface area contributed by atoms with Gasteiger partial charge in [-0.1, -0.05) is 11.6 Å². The number of nitrogens with one attached hydrogen (secondary N) is 1. The number of aliphatic hydroxyl groups is 1. The number of nitrogen functional groups attached to an aromatic ring is 1. The average Bonchev–Trinajstić information content (AvgIpc) is 2.20. The zero-order chi connectivity index (χ0) is 13.0. The van der Waals surface area contributed by atoms with Crippen LogP contribution in [0.1, 0.15) is 30.6 Å². The van der Waals surface area contributed by atoms with Crippen molar-refractivity contribution >= 4 is 23.2 Å². The van der Waals surface area contributed by atoms with Crippen LogP contribution >= 0.6 is 11.6 Å². The Labute approximate surface area is 106 Å². The number of rotatable bonds is 4. The molecule has 0 heterocycles. The van der Waals surface area contributed by atoms with Crippen LogP contribution < -0.4 is 11.1 Å². The van der Waals surface area contributed by atoms with Crippen LogP contribution in [0.5, 0.6) is 0 Å². The first-order chi connectivity index (χ1) is 7.90. The van der Waals surface area contributed by atoms with Gasteiger partial charge in [-0.15, -0.1) is 0 Å². The average molecular weight is 257 g/mol. The normalized spacial score (nSPS) is 14.1. The molecular formula is C12H17ClN2O2. The monoisotopic (exact) mass is 256 g/mol. The first kappa shape index (κ1) is 13.8. The second-order valence-corrected chi connectivity index (χ2v) is 4.60. The number of halogens is 1. The molecule has 0 spiro atoms. The maximum atomic E-state index is 11.8. The summed E-state index contributed by atoms with van der Waals surface area (Å²) >= 11 is 5.83. The summed E-state index contributed by atoms with van der Waals surface area (Å²) in [6.07, 6.45) is 0.0642. The van der Waals surface area contributed by atoms with E-state index < -0.39 is 6.10 Å². The SMILES string of the molecule is CC(O)CC(C)NC(=O)c1ccc(N)c(Cl)c1. The van der Waals surface area contributed by atoms with E-state index in [9.17, 15) is 9.90 Å². The molecule has 0 aliphatic rings. The van der Waals surface area contributed by atoms with Crippen molar-refractivity contribution in [2.45, 2.75) is 32.4 Å². The molecule has 0 saturated carbocycles. The number of amides is 1. The summed E-state index contributed by atoms with van der Waals surface area (Å²) < 4.78 is 0. The van der Waals surface area contributed by atoms with Gasteiger partial charge >= 0.3 is 0 Å². The van der Waals surface area contributed by atoms with Gasteiger partial charge in [0.15, 0.2) is 0 Å². The van der Waals surface area contributed by atoms with Crippen LogP contribution in [0.25, 0.3) is 0 Å². The van der Waals surface area contributed by atoms with Crippen LogP contribution in [0, 0.1) is 0 Å². The molecule has 4 nitrogen and oxygen atoms in total. The fourth-order valence-electron chi connectivity index (χ4n) is 1.55. The molecule has 2 unspecified atom stereocenters. The number of aliphatic hydroxyl groups excluding tert-OH is 1. The summed E-state index contributed by atoms with van der Waals surface area (Å²) in [4.78, 5) is 11.8. The topological polar surface area (TPSA) is 75.3 Å². The van der Waals surface area contributed by atoms with Crippen molar-refractivity contribution in [3.05, 3.63) is 28.8 Å². The van der Waals surface area contributed by atoms with Gasteiger partial charge in [0.25, 0.3) is 5.91 Å². The van der Waals surface area contributed by atoms with Gasteiger partial charge in [-0.05, 0) is 38.5 Å². The number of hydrogen-bond acceptors (Lipinski definition) is 3. The zero-order valence-corrected chi connectivity index (χ0v) is 10.7. The predicted molar refractivity (Wildman–Crippen MR) is 69.1 cm³/mol. The van der Waals surface area contributed by atoms with Gasteiger partial charge < -0.3 is 16.2 Å². The number of carbonyl (C=O) groups excluding carboxylic acids is 1. The van der Waals surface area contributed by atoms with E-state index in [1.165, 1.54) is 6.07 Å². The third-order valence-electron chi connectivity index (χ3n) is 2.33. The highest BCUT2D eigenvalue weighted by Gasteiger charge is 2.12. The van der Waals surface area contributed by atoms with Gasteiger partial charge in [0.1, 0.15) is 0 Å². The number of carbonyl (C=O) groups is 1. The van der Waals surface area contributed by atoms with Gasteiger partial charge in [-0.25, -0.2) is 0 Å². The van der Waals surface area contributed by atoms with Crippen molar-refractivity contribution < 1.29 is 9.90 Å². The number of hydrogen-bond donors (Lipinski definition) is 3. The molecule has 1 amide bonds. The third-order valence-corrected chi connectivity index (χ3v) is 2.66. The summed E-state index contributed by atoms with van der Waals surface area (Å²) in [6.45, 7) is 3.52. The van der Waals surface area contributed by atoms with Crippen LogP contribution in [-0.4, -0.2) is 23.2 Å². The van der Waals surface area contributed by atoms with E-state index in [1.54, 1.807) is 19.1 Å². The highest BCUT2D eigenvalue weighted by atomic mass is 35.5. The van der Waals surface area contributed by atoms with E-state index in [0.29, 0.717) is 22.7 Å². The molecule has 4 N–H and O–H groups in total. The predicted octanol–water partition coefficient (Wildman–Crippen LogP) is 1.81. The molecule has 0 aliphatic carbocycles. The quantitative estimate of drug-likeness (QED) is 0.719. The van der Waals surface area contributed by atoms with Gasteiger partial charge in [0.2, 0.25) is 0 Å². The lowest BCUT2D eigenvalue weighted by atomic mass is 10.1. The molecular weight excluding hydrogens is 240 g/mol. The summed E-state index contributed by atoms with van der Waals surface area (Å²) in [7, 11) is 0. The van der Waals surface area contributed by atoms with E-state index in [-0.39, 0.29) is 11.9 Å². The molecule has 0 fully saturated rings. The lowest BCUT2D eigenvalue weighted by Gasteiger charge is -2.15. The summed E-state index contributed by atoms with van der Waals surface area (Å²) in [6, 6.07) is 4.64. The lowest BCUT2D eigenvalue weighted by molar-refractivity contribution is 0.0923. The van der Waals surface area contributed by atoms with E-state index in [2.05, 4.69) is 5.32 Å². The van der Waals surface area contributed by atoms with E-state index in [1.807, 2.05) is 6.92 Å². The third kappa shape index (κ3) is 4.24. The Morgan fingerprint density at radius 3 is 2.71 bits per heavy atom. The molecule has 94 valence electrons. The van der Waals surface area contributed by atoms with Crippen molar-refractivity contribution in [3.63, 3.8) is 0 Å². The highest BCUT2D eigenvalue weighted by molar-refractivity contribution is 6.33. The molecule has 2 atom stereocenters. The van der Waals surface area contributed by atoms with Crippen LogP contribution in [0.4, 0.5) is 5.69 Å². The first-order valence-corrected chi connectivity index (χ1v) is 5.82. The summed E-state index contributed by atoms with van der Waals surface area (Å²) in [5.74, 6) is -0.222. The van der Waals surface area contributed by atoms with E-state index in [0.717, 1.165) is 0 Å². The Morgan fingerprint density at radius 1 is 1.53 bits per heavy atom. The Morgan fingerprint density at radius 2 is 2.18 bits per heavy atom. The van der Waals surface area contributed by atoms with E-state index in [4.69, 9.17) is 17.3 Å². The fourth-order valence-corrected chi connectivity index (χ4v) is 1.73. The minimum Gasteiger partial charge on any atom is -0.398 e. The largest absolute Gasteiger partial charge is 0.398 e. The van der Waals surface area contributed by atoms with Crippen molar-refractivity contribution in [2.24, 2.45) is 0 Å². The number of nitrogens with two attached hydrogens (primary N) is 1. The Kier molecular flexibility index (Phi) is 4.78. The van der Waals surface area contributed by atoms with Crippen LogP contribution in [-0.2, 0) is 0 Å². The molecule has 0 aromatic heterocycles. The van der Waals surface area contributed by atoms with Crippen LogP contribution in [0.15, 0.2) is 18.2 Å². The van der Waals surface area contributed by atoms with Gasteiger partial charge in [0, 0.05) is 11.6 Å². The molecule has 17 heavy (non-hydrogen) atoms. The molecule has 1 aromatic carbocycles. The molecule has 1 rings (SSSR count). The maximum absolute atomic E-state index is 11.8. The molecule has 0 aliphatic heterocycles. The van der Waals surface area contributed by atoms with Crippen molar-refractivity contribution in [3.8, 4) is 0 Å². The Balaban J connectivity index is 2.66. The Bertz CT molecular complexity index is 407. The second-order valence-electron chi connectivity index (χ2n) is 4.20. The second kappa shape index (κ2) is 5.89. The minimum absolute atomic E-state index is 0.0983. The van der Waals surface area contributed by atoms with E-state index >= 15 is 0 Å². The highest BCUT2D eigenvalue weighted by Crippen LogP contribution is 2.19. The van der Waals surface area contributed by atoms with Crippen molar-refractivity contribution in [2.75, 3.05) is 5.73 Å². The zero-order valence-electron chi connectivity index (χ0n) is 9.90.